The van der Waals surface area contributed by atoms with Crippen LogP contribution in [-0.2, 0) is 23.8 Å². The van der Waals surface area contributed by atoms with Gasteiger partial charge < -0.3 is 19.3 Å². The van der Waals surface area contributed by atoms with Crippen LogP contribution in [-0.4, -0.2) is 37.7 Å². The van der Waals surface area contributed by atoms with E-state index >= 15 is 0 Å². The zero-order valence-electron chi connectivity index (χ0n) is 10.2. The second-order valence-electron chi connectivity index (χ2n) is 4.54. The molecule has 0 aliphatic heterocycles. The van der Waals surface area contributed by atoms with Gasteiger partial charge in [-0.2, -0.15) is 0 Å². The minimum Gasteiger partial charge on any atom is -0.481 e. The van der Waals surface area contributed by atoms with Gasteiger partial charge in [0, 0.05) is 14.2 Å². The molecule has 6 heteroatoms. The van der Waals surface area contributed by atoms with Gasteiger partial charge in [-0.15, -0.1) is 0 Å². The summed E-state index contributed by atoms with van der Waals surface area (Å²) in [6.45, 7) is -1.09. The molecule has 4 atom stereocenters. The predicted octanol–water partition coefficient (Wildman–Crippen LogP) is 0.629. The van der Waals surface area contributed by atoms with Gasteiger partial charge in [0.15, 0.2) is 0 Å². The van der Waals surface area contributed by atoms with Crippen molar-refractivity contribution in [2.75, 3.05) is 14.2 Å². The fourth-order valence-corrected chi connectivity index (χ4v) is 2.85. The first-order valence-electron chi connectivity index (χ1n) is 5.75. The Hall–Kier alpha value is -1.40. The summed E-state index contributed by atoms with van der Waals surface area (Å²) < 4.78 is 14.5. The Morgan fingerprint density at radius 2 is 1.72 bits per heavy atom. The summed E-state index contributed by atoms with van der Waals surface area (Å²) >= 11 is 0. The highest BCUT2D eigenvalue weighted by Gasteiger charge is 2.52. The number of esters is 1. The number of carbonyl (C=O) groups excluding carboxylic acids is 1. The second-order valence-corrected chi connectivity index (χ2v) is 4.54. The van der Waals surface area contributed by atoms with Crippen molar-refractivity contribution in [3.05, 3.63) is 12.2 Å². The Labute approximate surface area is 105 Å². The number of hydrogen-bond donors (Lipinski definition) is 1. The lowest BCUT2D eigenvalue weighted by molar-refractivity contribution is -0.259. The van der Waals surface area contributed by atoms with Gasteiger partial charge in [0.05, 0.1) is 11.8 Å². The first-order chi connectivity index (χ1) is 8.58. The van der Waals surface area contributed by atoms with Crippen LogP contribution in [0.25, 0.3) is 0 Å². The summed E-state index contributed by atoms with van der Waals surface area (Å²) in [7, 11) is 2.69. The van der Waals surface area contributed by atoms with Crippen molar-refractivity contribution in [3.63, 3.8) is 0 Å². The molecule has 1 fully saturated rings. The third-order valence-corrected chi connectivity index (χ3v) is 3.61. The van der Waals surface area contributed by atoms with Gasteiger partial charge in [-0.05, 0) is 18.3 Å². The predicted molar refractivity (Wildman–Crippen MR) is 59.3 cm³/mol. The molecule has 0 heterocycles. The van der Waals surface area contributed by atoms with E-state index in [2.05, 4.69) is 0 Å². The van der Waals surface area contributed by atoms with E-state index < -0.39 is 30.3 Å². The van der Waals surface area contributed by atoms with Crippen molar-refractivity contribution in [3.8, 4) is 0 Å². The highest BCUT2D eigenvalue weighted by atomic mass is 16.8. The zero-order chi connectivity index (χ0) is 13.3. The Balaban J connectivity index is 2.09. The zero-order valence-corrected chi connectivity index (χ0v) is 10.2. The van der Waals surface area contributed by atoms with E-state index in [9.17, 15) is 14.7 Å². The van der Waals surface area contributed by atoms with Crippen LogP contribution < -0.4 is 0 Å². The van der Waals surface area contributed by atoms with Crippen LogP contribution in [0.5, 0.6) is 0 Å². The summed E-state index contributed by atoms with van der Waals surface area (Å²) in [5.74, 6) is -3.02. The number of allylic oxidation sites excluding steroid dienone is 2. The summed E-state index contributed by atoms with van der Waals surface area (Å²) in [5, 5.41) is 9.20. The number of hydrogen-bond acceptors (Lipinski definition) is 5. The largest absolute Gasteiger partial charge is 0.481 e. The van der Waals surface area contributed by atoms with Crippen molar-refractivity contribution < 1.29 is 28.9 Å². The average molecular weight is 256 g/mol. The number of rotatable bonds is 5. The van der Waals surface area contributed by atoms with Crippen LogP contribution in [0.2, 0.25) is 0 Å². The van der Waals surface area contributed by atoms with Crippen LogP contribution >= 0.6 is 0 Å². The fraction of sp³-hybridized carbons (Fsp3) is 0.667. The molecule has 6 nitrogen and oxygen atoms in total. The summed E-state index contributed by atoms with van der Waals surface area (Å²) in [4.78, 5) is 23.2. The SMILES string of the molecule is COC(OC)OC(=O)C1C2C=CC(C2)C1C(=O)O. The van der Waals surface area contributed by atoms with E-state index in [1.807, 2.05) is 12.2 Å². The number of ether oxygens (including phenoxy) is 3. The van der Waals surface area contributed by atoms with Gasteiger partial charge in [0.2, 0.25) is 0 Å². The van der Waals surface area contributed by atoms with E-state index in [4.69, 9.17) is 14.2 Å². The minimum absolute atomic E-state index is 0.0574. The van der Waals surface area contributed by atoms with Gasteiger partial charge in [-0.3, -0.25) is 9.59 Å². The van der Waals surface area contributed by atoms with Crippen molar-refractivity contribution >= 4 is 11.9 Å². The van der Waals surface area contributed by atoms with Gasteiger partial charge >= 0.3 is 18.4 Å². The first kappa shape index (κ1) is 13.0. The third kappa shape index (κ3) is 2.13. The average Bonchev–Trinajstić information content (AvgIpc) is 2.95. The van der Waals surface area contributed by atoms with Crippen molar-refractivity contribution in [1.29, 1.82) is 0 Å². The van der Waals surface area contributed by atoms with E-state index in [1.165, 1.54) is 14.2 Å². The molecule has 100 valence electrons. The maximum atomic E-state index is 12.0. The van der Waals surface area contributed by atoms with Crippen LogP contribution in [0, 0.1) is 23.7 Å². The number of carboxylic acids is 1. The molecular weight excluding hydrogens is 240 g/mol. The van der Waals surface area contributed by atoms with Crippen molar-refractivity contribution in [2.24, 2.45) is 23.7 Å². The fourth-order valence-electron chi connectivity index (χ4n) is 2.85. The van der Waals surface area contributed by atoms with E-state index in [0.29, 0.717) is 6.42 Å². The maximum absolute atomic E-state index is 12.0. The molecule has 18 heavy (non-hydrogen) atoms. The molecule has 0 amide bonds. The molecule has 0 aromatic heterocycles. The number of aliphatic carboxylic acids is 1. The Morgan fingerprint density at radius 1 is 1.17 bits per heavy atom. The van der Waals surface area contributed by atoms with E-state index in [1.54, 1.807) is 0 Å². The molecule has 0 radical (unpaired) electrons. The monoisotopic (exact) mass is 256 g/mol. The molecular formula is C12H16O6. The van der Waals surface area contributed by atoms with Crippen molar-refractivity contribution in [1.82, 2.24) is 0 Å². The molecule has 0 spiro atoms. The standard InChI is InChI=1S/C12H16O6/c1-16-12(17-2)18-11(15)9-7-4-3-6(5-7)8(9)10(13)14/h3-4,6-9,12H,5H2,1-2H3,(H,13,14). The van der Waals surface area contributed by atoms with Gasteiger partial charge in [0.1, 0.15) is 0 Å². The smallest absolute Gasteiger partial charge is 0.317 e. The third-order valence-electron chi connectivity index (χ3n) is 3.61. The number of carbonyl (C=O) groups is 2. The molecule has 1 N–H and O–H groups in total. The number of carboxylic acid groups (broad SMARTS) is 1. The molecule has 2 rings (SSSR count). The summed E-state index contributed by atoms with van der Waals surface area (Å²) in [5.41, 5.74) is 0. The van der Waals surface area contributed by atoms with E-state index in [-0.39, 0.29) is 11.8 Å². The molecule has 2 aliphatic rings. The Morgan fingerprint density at radius 3 is 2.22 bits per heavy atom. The molecule has 4 unspecified atom stereocenters. The van der Waals surface area contributed by atoms with Gasteiger partial charge in [0.25, 0.3) is 0 Å². The Bertz CT molecular complexity index is 373. The van der Waals surface area contributed by atoms with Crippen molar-refractivity contribution in [2.45, 2.75) is 12.9 Å². The quantitative estimate of drug-likeness (QED) is 0.441. The summed E-state index contributed by atoms with van der Waals surface area (Å²) in [6, 6.07) is 0. The Kier molecular flexibility index (Phi) is 3.68. The highest BCUT2D eigenvalue weighted by molar-refractivity contribution is 5.83. The second kappa shape index (κ2) is 5.07. The number of methoxy groups -OCH3 is 2. The molecule has 0 saturated heterocycles. The summed E-state index contributed by atoms with van der Waals surface area (Å²) in [6.07, 6.45) is 4.46. The first-order valence-corrected chi connectivity index (χ1v) is 5.75. The highest BCUT2D eigenvalue weighted by Crippen LogP contribution is 2.48. The van der Waals surface area contributed by atoms with Crippen LogP contribution in [0.15, 0.2) is 12.2 Å². The minimum atomic E-state index is -1.09. The number of fused-ring (bicyclic) bond motifs is 2. The van der Waals surface area contributed by atoms with Crippen LogP contribution in [0.1, 0.15) is 6.42 Å². The lowest BCUT2D eigenvalue weighted by Crippen LogP contribution is -2.36. The lowest BCUT2D eigenvalue weighted by atomic mass is 9.83. The molecule has 0 aromatic rings. The maximum Gasteiger partial charge on any atom is 0.317 e. The normalized spacial score (nSPS) is 33.1. The van der Waals surface area contributed by atoms with Crippen LogP contribution in [0.3, 0.4) is 0 Å². The topological polar surface area (TPSA) is 82.1 Å². The van der Waals surface area contributed by atoms with E-state index in [0.717, 1.165) is 0 Å². The molecule has 0 aromatic carbocycles. The lowest BCUT2D eigenvalue weighted by Gasteiger charge is -2.24. The molecule has 2 aliphatic carbocycles. The molecule has 1 saturated carbocycles. The van der Waals surface area contributed by atoms with Gasteiger partial charge in [-0.25, -0.2) is 0 Å². The van der Waals surface area contributed by atoms with Gasteiger partial charge in [-0.1, -0.05) is 12.2 Å². The molecule has 2 bridgehead atoms. The van der Waals surface area contributed by atoms with Crippen LogP contribution in [0.4, 0.5) is 0 Å².